The van der Waals surface area contributed by atoms with Crippen molar-refractivity contribution in [1.82, 2.24) is 0 Å². The number of carbonyl (C=O) groups is 2. The van der Waals surface area contributed by atoms with Crippen LogP contribution in [0.1, 0.15) is 119 Å². The molecule has 3 nitrogen and oxygen atoms in total. The van der Waals surface area contributed by atoms with Crippen LogP contribution in [0.2, 0.25) is 0 Å². The Morgan fingerprint density at radius 1 is 0.781 bits per heavy atom. The molecule has 0 aliphatic heterocycles. The highest BCUT2D eigenvalue weighted by Gasteiger charge is 2.30. The Bertz CT molecular complexity index is 699. The number of aliphatic hydroxyl groups is 1. The van der Waals surface area contributed by atoms with Crippen LogP contribution in [0.15, 0.2) is 21.2 Å². The summed E-state index contributed by atoms with van der Waals surface area (Å²) in [6, 6.07) is 0. The topological polar surface area (TPSA) is 54.4 Å². The van der Waals surface area contributed by atoms with Crippen molar-refractivity contribution in [2.45, 2.75) is 125 Å². The average molecular weight is 512 g/mol. The minimum atomic E-state index is -0.812. The van der Waals surface area contributed by atoms with Gasteiger partial charge in [-0.1, -0.05) is 79.1 Å². The van der Waals surface area contributed by atoms with E-state index in [1.165, 1.54) is 38.5 Å². The zero-order valence-electron chi connectivity index (χ0n) is 21.7. The van der Waals surface area contributed by atoms with E-state index in [2.05, 4.69) is 43.6 Å². The quantitative estimate of drug-likeness (QED) is 0.226. The molecule has 0 heterocycles. The Morgan fingerprint density at radius 2 is 1.28 bits per heavy atom. The lowest BCUT2D eigenvalue weighted by atomic mass is 9.84. The maximum atomic E-state index is 12.6. The van der Waals surface area contributed by atoms with Crippen molar-refractivity contribution in [1.29, 1.82) is 0 Å². The Hall–Kier alpha value is -0.740. The second-order valence-electron chi connectivity index (χ2n) is 11.1. The molecule has 1 aliphatic carbocycles. The second kappa shape index (κ2) is 13.8. The third kappa shape index (κ3) is 10.0. The summed E-state index contributed by atoms with van der Waals surface area (Å²) in [6.07, 6.45) is 11.7. The highest BCUT2D eigenvalue weighted by atomic mass is 79.9. The van der Waals surface area contributed by atoms with Gasteiger partial charge in [-0.05, 0) is 73.7 Å². The molecule has 0 aromatic carbocycles. The van der Waals surface area contributed by atoms with Gasteiger partial charge in [0.2, 0.25) is 0 Å². The smallest absolute Gasteiger partial charge is 0.196 e. The molecular weight excluding hydrogens is 464 g/mol. The third-order valence-corrected chi connectivity index (χ3v) is 8.09. The zero-order valence-corrected chi connectivity index (χ0v) is 23.2. The first kappa shape index (κ1) is 29.3. The Balaban J connectivity index is 2.32. The van der Waals surface area contributed by atoms with Crippen LogP contribution >= 0.6 is 15.9 Å². The molecular formula is C28H47BrO3. The predicted octanol–water partition coefficient (Wildman–Crippen LogP) is 8.09. The van der Waals surface area contributed by atoms with Crippen molar-refractivity contribution in [3.8, 4) is 0 Å². The van der Waals surface area contributed by atoms with Gasteiger partial charge in [-0.2, -0.15) is 0 Å². The summed E-state index contributed by atoms with van der Waals surface area (Å²) in [5.41, 5.74) is 0.730. The third-order valence-electron chi connectivity index (χ3n) is 7.13. The molecule has 1 aliphatic rings. The Kier molecular flexibility index (Phi) is 12.7. The summed E-state index contributed by atoms with van der Waals surface area (Å²) in [5.74, 6) is 2.14. The first-order chi connectivity index (χ1) is 14.9. The molecule has 1 N–H and O–H groups in total. The highest BCUT2D eigenvalue weighted by Crippen LogP contribution is 2.32. The van der Waals surface area contributed by atoms with Crippen LogP contribution in [-0.4, -0.2) is 22.3 Å². The fraction of sp³-hybridized carbons (Fsp3) is 0.786. The molecule has 0 saturated heterocycles. The number of rotatable bonds is 15. The van der Waals surface area contributed by atoms with Crippen molar-refractivity contribution >= 4 is 27.5 Å². The van der Waals surface area contributed by atoms with Crippen molar-refractivity contribution in [3.05, 3.63) is 21.2 Å². The SMILES string of the molecule is CC1=C(Br)C(=O)C(C)=C(CC[C@](C)(O)CCC[C@H](C)CCC[C@H](C)CCCC(C)C)C1=O. The van der Waals surface area contributed by atoms with Crippen molar-refractivity contribution < 1.29 is 14.7 Å². The number of hydrogen-bond acceptors (Lipinski definition) is 3. The second-order valence-corrected chi connectivity index (χ2v) is 11.8. The average Bonchev–Trinajstić information content (AvgIpc) is 2.70. The molecule has 184 valence electrons. The number of hydrogen-bond donors (Lipinski definition) is 1. The Labute approximate surface area is 205 Å². The van der Waals surface area contributed by atoms with Crippen molar-refractivity contribution in [3.63, 3.8) is 0 Å². The molecule has 0 bridgehead atoms. The summed E-state index contributed by atoms with van der Waals surface area (Å²) in [4.78, 5) is 24.9. The van der Waals surface area contributed by atoms with Gasteiger partial charge < -0.3 is 5.11 Å². The van der Waals surface area contributed by atoms with Crippen LogP contribution in [0.4, 0.5) is 0 Å². The van der Waals surface area contributed by atoms with E-state index >= 15 is 0 Å². The van der Waals surface area contributed by atoms with E-state index in [0.717, 1.165) is 31.1 Å². The minimum Gasteiger partial charge on any atom is -0.390 e. The van der Waals surface area contributed by atoms with Gasteiger partial charge in [-0.25, -0.2) is 0 Å². The molecule has 32 heavy (non-hydrogen) atoms. The van der Waals surface area contributed by atoms with Gasteiger partial charge in [-0.3, -0.25) is 9.59 Å². The van der Waals surface area contributed by atoms with Gasteiger partial charge in [0.1, 0.15) is 0 Å². The van der Waals surface area contributed by atoms with Crippen LogP contribution < -0.4 is 0 Å². The maximum absolute atomic E-state index is 12.6. The number of carbonyl (C=O) groups excluding carboxylic acids is 2. The van der Waals surface area contributed by atoms with Crippen LogP contribution in [-0.2, 0) is 9.59 Å². The number of Topliss-reactive ketones (excluding diaryl/α,β-unsaturated/α-hetero) is 2. The molecule has 4 heteroatoms. The first-order valence-corrected chi connectivity index (χ1v) is 13.5. The van der Waals surface area contributed by atoms with Crippen LogP contribution in [0, 0.1) is 17.8 Å². The maximum Gasteiger partial charge on any atom is 0.196 e. The molecule has 3 atom stereocenters. The number of ketones is 2. The summed E-state index contributed by atoms with van der Waals surface area (Å²) in [7, 11) is 0. The Morgan fingerprint density at radius 3 is 1.81 bits per heavy atom. The minimum absolute atomic E-state index is 0.0724. The van der Waals surface area contributed by atoms with E-state index in [-0.39, 0.29) is 11.6 Å². The molecule has 0 radical (unpaired) electrons. The molecule has 0 aromatic rings. The van der Waals surface area contributed by atoms with E-state index in [4.69, 9.17) is 0 Å². The van der Waals surface area contributed by atoms with Crippen LogP contribution in [0.5, 0.6) is 0 Å². The predicted molar refractivity (Wildman–Crippen MR) is 139 cm³/mol. The van der Waals surface area contributed by atoms with Crippen molar-refractivity contribution in [2.24, 2.45) is 17.8 Å². The molecule has 1 rings (SSSR count). The molecule has 0 amide bonds. The van der Waals surface area contributed by atoms with E-state index in [9.17, 15) is 14.7 Å². The van der Waals surface area contributed by atoms with Gasteiger partial charge in [-0.15, -0.1) is 0 Å². The standard InChI is InChI=1S/C28H47BrO3/c1-19(2)11-8-12-20(3)13-9-14-21(4)15-10-17-28(7,32)18-16-24-22(5)27(31)25(29)23(6)26(24)30/h19-21,32H,8-18H2,1-7H3/t20-,21-,28-/m1/s1. The lowest BCUT2D eigenvalue weighted by molar-refractivity contribution is -0.116. The largest absolute Gasteiger partial charge is 0.390 e. The summed E-state index contributed by atoms with van der Waals surface area (Å²) >= 11 is 3.23. The van der Waals surface area contributed by atoms with Gasteiger partial charge in [0.25, 0.3) is 0 Å². The lowest BCUT2D eigenvalue weighted by Crippen LogP contribution is -2.26. The summed E-state index contributed by atoms with van der Waals surface area (Å²) < 4.78 is 0.370. The van der Waals surface area contributed by atoms with E-state index < -0.39 is 5.60 Å². The van der Waals surface area contributed by atoms with Crippen LogP contribution in [0.25, 0.3) is 0 Å². The van der Waals surface area contributed by atoms with Crippen LogP contribution in [0.3, 0.4) is 0 Å². The fourth-order valence-corrected chi connectivity index (χ4v) is 5.08. The molecule has 0 fully saturated rings. The molecule has 0 spiro atoms. The van der Waals surface area contributed by atoms with Gasteiger partial charge in [0.15, 0.2) is 11.6 Å². The molecule has 0 aromatic heterocycles. The lowest BCUT2D eigenvalue weighted by Gasteiger charge is -2.26. The molecule has 0 saturated carbocycles. The number of halogens is 1. The summed E-state index contributed by atoms with van der Waals surface area (Å²) in [5, 5.41) is 10.8. The van der Waals surface area contributed by atoms with E-state index in [1.807, 2.05) is 6.92 Å². The number of allylic oxidation sites excluding steroid dienone is 4. The normalized spacial score (nSPS) is 19.1. The van der Waals surface area contributed by atoms with Crippen molar-refractivity contribution in [2.75, 3.05) is 0 Å². The van der Waals surface area contributed by atoms with Gasteiger partial charge in [0, 0.05) is 16.7 Å². The first-order valence-electron chi connectivity index (χ1n) is 12.7. The highest BCUT2D eigenvalue weighted by molar-refractivity contribution is 9.12. The van der Waals surface area contributed by atoms with Gasteiger partial charge >= 0.3 is 0 Å². The van der Waals surface area contributed by atoms with Gasteiger partial charge in [0.05, 0.1) is 10.1 Å². The van der Waals surface area contributed by atoms with E-state index in [1.54, 1.807) is 13.8 Å². The fourth-order valence-electron chi connectivity index (χ4n) is 4.60. The summed E-state index contributed by atoms with van der Waals surface area (Å²) in [6.45, 7) is 14.6. The zero-order chi connectivity index (χ0) is 24.5. The molecule has 0 unspecified atom stereocenters. The monoisotopic (exact) mass is 510 g/mol. The van der Waals surface area contributed by atoms with E-state index in [0.29, 0.717) is 40.0 Å².